The van der Waals surface area contributed by atoms with Crippen LogP contribution in [-0.4, -0.2) is 9.97 Å². The number of hydrogen-bond donors (Lipinski definition) is 2. The van der Waals surface area contributed by atoms with Crippen molar-refractivity contribution < 1.29 is 4.74 Å². The van der Waals surface area contributed by atoms with Crippen molar-refractivity contribution in [1.82, 2.24) is 9.97 Å². The van der Waals surface area contributed by atoms with Gasteiger partial charge in [0.2, 0.25) is 11.8 Å². The average molecular weight is 251 g/mol. The largest absolute Gasteiger partial charge is 0.437 e. The number of ether oxygens (including phenoxy) is 1. The zero-order valence-electron chi connectivity index (χ0n) is 9.79. The van der Waals surface area contributed by atoms with E-state index in [0.29, 0.717) is 17.3 Å². The molecule has 0 spiro atoms. The maximum atomic E-state index is 9.28. The molecule has 0 aliphatic carbocycles. The molecule has 0 saturated heterocycles. The zero-order chi connectivity index (χ0) is 13.2. The van der Waals surface area contributed by atoms with Gasteiger partial charge in [-0.3, -0.25) is 0 Å². The summed E-state index contributed by atoms with van der Waals surface area (Å²) in [4.78, 5) is 7.81. The topological polar surface area (TPSA) is 96.8 Å². The highest BCUT2D eigenvalue weighted by Gasteiger charge is 2.21. The van der Waals surface area contributed by atoms with Gasteiger partial charge in [0.05, 0.1) is 11.4 Å². The summed E-state index contributed by atoms with van der Waals surface area (Å²) in [5.41, 5.74) is 7.04. The molecule has 2 aromatic rings. The Balaban J connectivity index is 2.06. The van der Waals surface area contributed by atoms with Crippen molar-refractivity contribution in [3.8, 4) is 11.8 Å². The van der Waals surface area contributed by atoms with Crippen LogP contribution in [0.15, 0.2) is 42.4 Å². The molecule has 1 aliphatic heterocycles. The first-order valence-electron chi connectivity index (χ1n) is 5.55. The number of para-hydroxylation sites is 2. The molecular formula is C13H9N5O. The molecule has 6 heteroatoms. The first-order valence-corrected chi connectivity index (χ1v) is 5.55. The minimum atomic E-state index is 0.112. The molecule has 92 valence electrons. The summed E-state index contributed by atoms with van der Waals surface area (Å²) in [6.45, 7) is 0. The third kappa shape index (κ3) is 1.93. The van der Waals surface area contributed by atoms with Crippen molar-refractivity contribution in [2.75, 3.05) is 11.1 Å². The molecule has 1 aromatic heterocycles. The number of rotatable bonds is 1. The van der Waals surface area contributed by atoms with Gasteiger partial charge in [0, 0.05) is 6.20 Å². The summed E-state index contributed by atoms with van der Waals surface area (Å²) in [5.74, 6) is 1.13. The molecule has 0 fully saturated rings. The molecule has 19 heavy (non-hydrogen) atoms. The van der Waals surface area contributed by atoms with E-state index in [2.05, 4.69) is 21.4 Å². The fourth-order valence-corrected chi connectivity index (χ4v) is 1.77. The number of allylic oxidation sites excluding steroid dienone is 1. The summed E-state index contributed by atoms with van der Waals surface area (Å²) in [7, 11) is 0. The Morgan fingerprint density at radius 3 is 2.89 bits per heavy atom. The molecule has 1 aromatic carbocycles. The van der Waals surface area contributed by atoms with E-state index in [1.54, 1.807) is 6.07 Å². The lowest BCUT2D eigenvalue weighted by Crippen LogP contribution is -2.04. The van der Waals surface area contributed by atoms with Crippen molar-refractivity contribution in [3.63, 3.8) is 0 Å². The van der Waals surface area contributed by atoms with Gasteiger partial charge in [-0.05, 0) is 18.2 Å². The Labute approximate surface area is 109 Å². The van der Waals surface area contributed by atoms with Gasteiger partial charge in [-0.15, -0.1) is 0 Å². The highest BCUT2D eigenvalue weighted by atomic mass is 16.5. The van der Waals surface area contributed by atoms with E-state index in [1.165, 1.54) is 6.20 Å². The number of nitrogen functional groups attached to an aromatic ring is 1. The second-order valence-electron chi connectivity index (χ2n) is 3.84. The molecule has 0 bridgehead atoms. The zero-order valence-corrected chi connectivity index (χ0v) is 9.79. The predicted octanol–water partition coefficient (Wildman–Crippen LogP) is 1.76. The molecule has 0 amide bonds. The summed E-state index contributed by atoms with van der Waals surface area (Å²) in [5, 5.41) is 12.3. The third-order valence-corrected chi connectivity index (χ3v) is 2.62. The van der Waals surface area contributed by atoms with Crippen LogP contribution in [-0.2, 0) is 0 Å². The van der Waals surface area contributed by atoms with Gasteiger partial charge < -0.3 is 15.8 Å². The van der Waals surface area contributed by atoms with Crippen LogP contribution in [0, 0.1) is 11.3 Å². The molecule has 0 radical (unpaired) electrons. The quantitative estimate of drug-likeness (QED) is 0.749. The number of aromatic nitrogens is 2. The van der Waals surface area contributed by atoms with Crippen LogP contribution in [0.2, 0.25) is 0 Å². The van der Waals surface area contributed by atoms with E-state index in [1.807, 2.05) is 24.3 Å². The Bertz CT molecular complexity index is 690. The van der Waals surface area contributed by atoms with Crippen LogP contribution in [0.25, 0.3) is 5.57 Å². The minimum absolute atomic E-state index is 0.112. The highest BCUT2D eigenvalue weighted by Crippen LogP contribution is 2.35. The Kier molecular flexibility index (Phi) is 2.50. The van der Waals surface area contributed by atoms with Gasteiger partial charge in [0.25, 0.3) is 0 Å². The lowest BCUT2D eigenvalue weighted by atomic mass is 10.2. The Hall–Kier alpha value is -3.07. The lowest BCUT2D eigenvalue weighted by molar-refractivity contribution is 0.460. The Morgan fingerprint density at radius 1 is 1.32 bits per heavy atom. The van der Waals surface area contributed by atoms with E-state index in [0.717, 1.165) is 5.69 Å². The van der Waals surface area contributed by atoms with Gasteiger partial charge in [-0.1, -0.05) is 12.1 Å². The van der Waals surface area contributed by atoms with Gasteiger partial charge >= 0.3 is 0 Å². The second-order valence-corrected chi connectivity index (χ2v) is 3.84. The maximum absolute atomic E-state index is 9.28. The van der Waals surface area contributed by atoms with E-state index >= 15 is 0 Å². The fourth-order valence-electron chi connectivity index (χ4n) is 1.77. The van der Waals surface area contributed by atoms with Crippen LogP contribution < -0.4 is 15.8 Å². The van der Waals surface area contributed by atoms with Crippen LogP contribution in [0.3, 0.4) is 0 Å². The second kappa shape index (κ2) is 4.31. The predicted molar refractivity (Wildman–Crippen MR) is 69.7 cm³/mol. The van der Waals surface area contributed by atoms with Crippen molar-refractivity contribution in [2.45, 2.75) is 0 Å². The number of nitriles is 1. The number of hydrogen-bond acceptors (Lipinski definition) is 6. The van der Waals surface area contributed by atoms with Crippen molar-refractivity contribution in [1.29, 1.82) is 5.26 Å². The number of nitrogens with zero attached hydrogens (tertiary/aromatic N) is 3. The SMILES string of the molecule is N#CC(=C1Nc2ccccc2O1)c1ccnc(N)n1. The number of nitrogens with one attached hydrogen (secondary N) is 1. The van der Waals surface area contributed by atoms with Crippen LogP contribution in [0.4, 0.5) is 11.6 Å². The van der Waals surface area contributed by atoms with Crippen molar-refractivity contribution in [3.05, 3.63) is 48.1 Å². The first kappa shape index (κ1) is 11.0. The summed E-state index contributed by atoms with van der Waals surface area (Å²) < 4.78 is 5.60. The summed E-state index contributed by atoms with van der Waals surface area (Å²) >= 11 is 0. The van der Waals surface area contributed by atoms with Gasteiger partial charge in [-0.25, -0.2) is 9.97 Å². The fraction of sp³-hybridized carbons (Fsp3) is 0. The highest BCUT2D eigenvalue weighted by molar-refractivity contribution is 5.81. The molecule has 2 heterocycles. The third-order valence-electron chi connectivity index (χ3n) is 2.62. The van der Waals surface area contributed by atoms with E-state index in [9.17, 15) is 5.26 Å². The summed E-state index contributed by atoms with van der Waals surface area (Å²) in [6.07, 6.45) is 1.50. The smallest absolute Gasteiger partial charge is 0.220 e. The van der Waals surface area contributed by atoms with E-state index in [-0.39, 0.29) is 11.5 Å². The number of benzene rings is 1. The van der Waals surface area contributed by atoms with E-state index in [4.69, 9.17) is 10.5 Å². The summed E-state index contributed by atoms with van der Waals surface area (Å²) in [6, 6.07) is 11.1. The molecule has 0 atom stereocenters. The first-order chi connectivity index (χ1) is 9.28. The molecule has 3 rings (SSSR count). The van der Waals surface area contributed by atoms with Gasteiger partial charge in [-0.2, -0.15) is 5.26 Å². The van der Waals surface area contributed by atoms with Crippen molar-refractivity contribution >= 4 is 17.2 Å². The normalized spacial score (nSPS) is 14.9. The Morgan fingerprint density at radius 2 is 2.16 bits per heavy atom. The number of anilines is 2. The maximum Gasteiger partial charge on any atom is 0.220 e. The number of nitrogens with two attached hydrogens (primary N) is 1. The van der Waals surface area contributed by atoms with Crippen molar-refractivity contribution in [2.24, 2.45) is 0 Å². The van der Waals surface area contributed by atoms with Crippen LogP contribution >= 0.6 is 0 Å². The lowest BCUT2D eigenvalue weighted by Gasteiger charge is -2.03. The van der Waals surface area contributed by atoms with Gasteiger partial charge in [0.1, 0.15) is 11.6 Å². The molecular weight excluding hydrogens is 242 g/mol. The molecule has 3 N–H and O–H groups in total. The number of fused-ring (bicyclic) bond motifs is 1. The minimum Gasteiger partial charge on any atom is -0.437 e. The average Bonchev–Trinajstić information content (AvgIpc) is 2.83. The van der Waals surface area contributed by atoms with Gasteiger partial charge in [0.15, 0.2) is 5.75 Å². The molecule has 6 nitrogen and oxygen atoms in total. The van der Waals surface area contributed by atoms with E-state index < -0.39 is 0 Å². The molecule has 0 unspecified atom stereocenters. The molecule has 1 aliphatic rings. The van der Waals surface area contributed by atoms with Crippen LogP contribution in [0.5, 0.6) is 5.75 Å². The van der Waals surface area contributed by atoms with Crippen LogP contribution in [0.1, 0.15) is 5.69 Å². The monoisotopic (exact) mass is 251 g/mol. The standard InChI is InChI=1S/C13H9N5O/c14-7-8(9-5-6-16-13(15)18-9)12-17-10-3-1-2-4-11(10)19-12/h1-6,17H,(H2,15,16,18). The molecule has 0 saturated carbocycles.